The van der Waals surface area contributed by atoms with Gasteiger partial charge in [0.25, 0.3) is 5.56 Å². The SMILES string of the molecule is Cc1cn(C)c([C@H]2CCCN(C(=O)Cn3nc(C)ccc3=O)C2)n1. The van der Waals surface area contributed by atoms with Crippen molar-refractivity contribution in [2.45, 2.75) is 39.2 Å². The molecule has 0 bridgehead atoms. The van der Waals surface area contributed by atoms with Crippen molar-refractivity contribution in [2.75, 3.05) is 13.1 Å². The van der Waals surface area contributed by atoms with E-state index in [-0.39, 0.29) is 23.9 Å². The highest BCUT2D eigenvalue weighted by Crippen LogP contribution is 2.26. The highest BCUT2D eigenvalue weighted by Gasteiger charge is 2.27. The molecular formula is C17H23N5O2. The van der Waals surface area contributed by atoms with Crippen molar-refractivity contribution in [1.29, 1.82) is 0 Å². The van der Waals surface area contributed by atoms with Crippen LogP contribution >= 0.6 is 0 Å². The lowest BCUT2D eigenvalue weighted by molar-refractivity contribution is -0.133. The van der Waals surface area contributed by atoms with E-state index in [1.165, 1.54) is 10.7 Å². The highest BCUT2D eigenvalue weighted by molar-refractivity contribution is 5.76. The number of hydrogen-bond donors (Lipinski definition) is 0. The van der Waals surface area contributed by atoms with Crippen LogP contribution in [-0.2, 0) is 18.4 Å². The van der Waals surface area contributed by atoms with Crippen LogP contribution < -0.4 is 5.56 Å². The molecule has 3 rings (SSSR count). The van der Waals surface area contributed by atoms with Gasteiger partial charge in [0, 0.05) is 38.3 Å². The summed E-state index contributed by atoms with van der Waals surface area (Å²) >= 11 is 0. The summed E-state index contributed by atoms with van der Waals surface area (Å²) in [5.41, 5.74) is 1.47. The van der Waals surface area contributed by atoms with E-state index in [9.17, 15) is 9.59 Å². The Hall–Kier alpha value is -2.44. The van der Waals surface area contributed by atoms with Gasteiger partial charge in [-0.05, 0) is 32.8 Å². The van der Waals surface area contributed by atoms with E-state index in [1.54, 1.807) is 13.0 Å². The second-order valence-corrected chi connectivity index (χ2v) is 6.50. The first-order valence-corrected chi connectivity index (χ1v) is 8.26. The van der Waals surface area contributed by atoms with Crippen molar-refractivity contribution in [3.05, 3.63) is 45.9 Å². The van der Waals surface area contributed by atoms with Crippen LogP contribution in [0.4, 0.5) is 0 Å². The third-order valence-electron chi connectivity index (χ3n) is 4.46. The number of piperidine rings is 1. The second kappa shape index (κ2) is 6.59. The van der Waals surface area contributed by atoms with Gasteiger partial charge < -0.3 is 9.47 Å². The molecule has 0 aromatic carbocycles. The van der Waals surface area contributed by atoms with Gasteiger partial charge in [0.05, 0.1) is 11.4 Å². The first kappa shape index (κ1) is 16.4. The van der Waals surface area contributed by atoms with Crippen LogP contribution in [0.15, 0.2) is 23.1 Å². The second-order valence-electron chi connectivity index (χ2n) is 6.50. The largest absolute Gasteiger partial charge is 0.340 e. The number of imidazole rings is 1. The standard InChI is InChI=1S/C17H23N5O2/c1-12-6-7-15(23)22(19-12)11-16(24)21-8-4-5-14(10-21)17-18-13(2)9-20(17)3/h6-7,9,14H,4-5,8,10-11H2,1-3H3/t14-/m0/s1. The number of carbonyl (C=O) groups is 1. The van der Waals surface area contributed by atoms with Crippen LogP contribution in [0, 0.1) is 13.8 Å². The first-order valence-electron chi connectivity index (χ1n) is 8.26. The molecule has 1 aliphatic rings. The molecule has 0 spiro atoms. The van der Waals surface area contributed by atoms with E-state index >= 15 is 0 Å². The zero-order valence-electron chi connectivity index (χ0n) is 14.4. The predicted octanol–water partition coefficient (Wildman–Crippen LogP) is 1.000. The summed E-state index contributed by atoms with van der Waals surface area (Å²) in [5.74, 6) is 1.20. The fraction of sp³-hybridized carbons (Fsp3) is 0.529. The monoisotopic (exact) mass is 329 g/mol. The van der Waals surface area contributed by atoms with Gasteiger partial charge in [-0.3, -0.25) is 9.59 Å². The number of amides is 1. The summed E-state index contributed by atoms with van der Waals surface area (Å²) in [6.45, 7) is 5.14. The minimum Gasteiger partial charge on any atom is -0.340 e. The van der Waals surface area contributed by atoms with Crippen molar-refractivity contribution in [3.8, 4) is 0 Å². The maximum atomic E-state index is 12.6. The first-order chi connectivity index (χ1) is 11.4. The summed E-state index contributed by atoms with van der Waals surface area (Å²) < 4.78 is 3.28. The smallest absolute Gasteiger partial charge is 0.267 e. The lowest BCUT2D eigenvalue weighted by Crippen LogP contribution is -2.43. The summed E-state index contributed by atoms with van der Waals surface area (Å²) in [7, 11) is 1.99. The van der Waals surface area contributed by atoms with Crippen LogP contribution in [-0.4, -0.2) is 43.2 Å². The van der Waals surface area contributed by atoms with Gasteiger partial charge >= 0.3 is 0 Å². The van der Waals surface area contributed by atoms with E-state index in [2.05, 4.69) is 10.1 Å². The molecule has 3 heterocycles. The zero-order valence-corrected chi connectivity index (χ0v) is 14.4. The topological polar surface area (TPSA) is 73.0 Å². The minimum absolute atomic E-state index is 0.00712. The molecule has 0 saturated carbocycles. The number of carbonyl (C=O) groups excluding carboxylic acids is 1. The van der Waals surface area contributed by atoms with Crippen molar-refractivity contribution < 1.29 is 4.79 Å². The number of aromatic nitrogens is 4. The van der Waals surface area contributed by atoms with Crippen molar-refractivity contribution in [2.24, 2.45) is 7.05 Å². The maximum absolute atomic E-state index is 12.6. The Labute approximate surface area is 140 Å². The zero-order chi connectivity index (χ0) is 17.3. The fourth-order valence-corrected chi connectivity index (χ4v) is 3.32. The number of likely N-dealkylation sites (tertiary alicyclic amines) is 1. The van der Waals surface area contributed by atoms with Crippen molar-refractivity contribution in [3.63, 3.8) is 0 Å². The number of aryl methyl sites for hydroxylation is 3. The fourth-order valence-electron chi connectivity index (χ4n) is 3.32. The molecule has 2 aromatic heterocycles. The number of rotatable bonds is 3. The van der Waals surface area contributed by atoms with Gasteiger partial charge in [-0.15, -0.1) is 0 Å². The molecule has 1 amide bonds. The highest BCUT2D eigenvalue weighted by atomic mass is 16.2. The number of hydrogen-bond acceptors (Lipinski definition) is 4. The molecule has 7 heteroatoms. The average molecular weight is 329 g/mol. The lowest BCUT2D eigenvalue weighted by Gasteiger charge is -2.32. The molecular weight excluding hydrogens is 306 g/mol. The van der Waals surface area contributed by atoms with Gasteiger partial charge in [-0.1, -0.05) is 0 Å². The lowest BCUT2D eigenvalue weighted by atomic mass is 9.97. The van der Waals surface area contributed by atoms with E-state index < -0.39 is 0 Å². The van der Waals surface area contributed by atoms with Crippen LogP contribution in [0.3, 0.4) is 0 Å². The van der Waals surface area contributed by atoms with E-state index in [0.717, 1.165) is 36.6 Å². The molecule has 0 aliphatic carbocycles. The molecule has 7 nitrogen and oxygen atoms in total. The Morgan fingerprint density at radius 1 is 1.29 bits per heavy atom. The molecule has 1 saturated heterocycles. The molecule has 1 aliphatic heterocycles. The van der Waals surface area contributed by atoms with E-state index in [0.29, 0.717) is 6.54 Å². The molecule has 1 fully saturated rings. The quantitative estimate of drug-likeness (QED) is 0.842. The molecule has 128 valence electrons. The van der Waals surface area contributed by atoms with Crippen molar-refractivity contribution >= 4 is 5.91 Å². The molecule has 0 N–H and O–H groups in total. The number of nitrogens with zero attached hydrogens (tertiary/aromatic N) is 5. The molecule has 0 radical (unpaired) electrons. The predicted molar refractivity (Wildman–Crippen MR) is 89.7 cm³/mol. The summed E-state index contributed by atoms with van der Waals surface area (Å²) in [6, 6.07) is 3.11. The van der Waals surface area contributed by atoms with Gasteiger partial charge in [0.15, 0.2) is 0 Å². The Bertz CT molecular complexity index is 808. The molecule has 24 heavy (non-hydrogen) atoms. The maximum Gasteiger partial charge on any atom is 0.267 e. The molecule has 1 atom stereocenters. The van der Waals surface area contributed by atoms with E-state index in [1.807, 2.05) is 29.6 Å². The Morgan fingerprint density at radius 3 is 2.79 bits per heavy atom. The third-order valence-corrected chi connectivity index (χ3v) is 4.46. The van der Waals surface area contributed by atoms with Gasteiger partial charge in [0.1, 0.15) is 12.4 Å². The molecule has 2 aromatic rings. The van der Waals surface area contributed by atoms with Crippen LogP contribution in [0.1, 0.15) is 36.0 Å². The Balaban J connectivity index is 1.72. The van der Waals surface area contributed by atoms with Crippen molar-refractivity contribution in [1.82, 2.24) is 24.2 Å². The van der Waals surface area contributed by atoms with E-state index in [4.69, 9.17) is 0 Å². The Morgan fingerprint density at radius 2 is 2.08 bits per heavy atom. The summed E-state index contributed by atoms with van der Waals surface area (Å²) in [5, 5.41) is 4.14. The van der Waals surface area contributed by atoms with Crippen LogP contribution in [0.2, 0.25) is 0 Å². The Kier molecular flexibility index (Phi) is 4.51. The summed E-state index contributed by atoms with van der Waals surface area (Å²) in [4.78, 5) is 30.9. The van der Waals surface area contributed by atoms with Gasteiger partial charge in [-0.2, -0.15) is 5.10 Å². The minimum atomic E-state index is -0.248. The average Bonchev–Trinajstić information content (AvgIpc) is 2.89. The molecule has 0 unspecified atom stereocenters. The van der Waals surface area contributed by atoms with Gasteiger partial charge in [-0.25, -0.2) is 9.67 Å². The third kappa shape index (κ3) is 3.39. The van der Waals surface area contributed by atoms with Gasteiger partial charge in [0.2, 0.25) is 5.91 Å². The summed E-state index contributed by atoms with van der Waals surface area (Å²) in [6.07, 6.45) is 3.97. The van der Waals surface area contributed by atoms with Crippen LogP contribution in [0.25, 0.3) is 0 Å². The normalized spacial score (nSPS) is 18.0. The van der Waals surface area contributed by atoms with Crippen LogP contribution in [0.5, 0.6) is 0 Å².